The number of thioether (sulfide) groups is 1. The van der Waals surface area contributed by atoms with E-state index in [1.165, 1.54) is 11.8 Å². The Morgan fingerprint density at radius 1 is 1.31 bits per heavy atom. The summed E-state index contributed by atoms with van der Waals surface area (Å²) in [5.74, 6) is 0.180. The Balaban J connectivity index is 1.62. The van der Waals surface area contributed by atoms with Gasteiger partial charge in [-0.2, -0.15) is 0 Å². The molecule has 3 rings (SSSR count). The first-order chi connectivity index (χ1) is 12.5. The first-order valence-electron chi connectivity index (χ1n) is 7.79. The summed E-state index contributed by atoms with van der Waals surface area (Å²) in [6, 6.07) is 14.0. The number of nitrogens with zero attached hydrogens (tertiary/aromatic N) is 1. The number of carbonyl (C=O) groups is 2. The van der Waals surface area contributed by atoms with Gasteiger partial charge in [0, 0.05) is 23.2 Å². The second-order valence-electron chi connectivity index (χ2n) is 5.48. The Hall–Kier alpha value is -2.51. The van der Waals surface area contributed by atoms with E-state index in [1.54, 1.807) is 43.5 Å². The molecule has 2 aromatic rings. The number of aliphatic imine (C=N–C) groups is 1. The second kappa shape index (κ2) is 8.25. The summed E-state index contributed by atoms with van der Waals surface area (Å²) < 4.78 is 5.15. The molecule has 1 aliphatic heterocycles. The van der Waals surface area contributed by atoms with Gasteiger partial charge in [0.25, 0.3) is 0 Å². The zero-order valence-corrected chi connectivity index (χ0v) is 15.4. The van der Waals surface area contributed by atoms with Gasteiger partial charge in [-0.05, 0) is 30.3 Å². The van der Waals surface area contributed by atoms with Crippen molar-refractivity contribution in [1.29, 1.82) is 0 Å². The average molecular weight is 390 g/mol. The van der Waals surface area contributed by atoms with E-state index < -0.39 is 5.25 Å². The van der Waals surface area contributed by atoms with Gasteiger partial charge in [0.15, 0.2) is 5.17 Å². The van der Waals surface area contributed by atoms with Gasteiger partial charge in [-0.3, -0.25) is 9.59 Å². The average Bonchev–Trinajstić information content (AvgIpc) is 2.94. The SMILES string of the molecule is COc1cccc(N=C2NC(=O)[C@H](CC(=O)Nc3cccc(Cl)c3)S2)c1. The summed E-state index contributed by atoms with van der Waals surface area (Å²) in [6.45, 7) is 0. The van der Waals surface area contributed by atoms with E-state index in [0.717, 1.165) is 0 Å². The number of amidine groups is 1. The summed E-state index contributed by atoms with van der Waals surface area (Å²) in [6.07, 6.45) is 0.0418. The fraction of sp³-hybridized carbons (Fsp3) is 0.167. The number of anilines is 1. The summed E-state index contributed by atoms with van der Waals surface area (Å²) >= 11 is 7.13. The minimum atomic E-state index is -0.529. The van der Waals surface area contributed by atoms with E-state index in [2.05, 4.69) is 15.6 Å². The van der Waals surface area contributed by atoms with Crippen LogP contribution in [0.3, 0.4) is 0 Å². The van der Waals surface area contributed by atoms with Gasteiger partial charge in [0.1, 0.15) is 11.0 Å². The van der Waals surface area contributed by atoms with Crippen molar-refractivity contribution in [2.75, 3.05) is 12.4 Å². The number of hydrogen-bond acceptors (Lipinski definition) is 5. The smallest absolute Gasteiger partial charge is 0.240 e. The number of methoxy groups -OCH3 is 1. The number of nitrogens with one attached hydrogen (secondary N) is 2. The monoisotopic (exact) mass is 389 g/mol. The predicted octanol–water partition coefficient (Wildman–Crippen LogP) is 3.60. The highest BCUT2D eigenvalue weighted by molar-refractivity contribution is 8.15. The number of rotatable bonds is 5. The molecular weight excluding hydrogens is 374 g/mol. The molecule has 2 N–H and O–H groups in total. The topological polar surface area (TPSA) is 79.8 Å². The van der Waals surface area contributed by atoms with Crippen LogP contribution >= 0.6 is 23.4 Å². The third-order valence-corrected chi connectivity index (χ3v) is 4.86. The Labute approximate surface area is 160 Å². The molecule has 0 aromatic heterocycles. The van der Waals surface area contributed by atoms with Crippen molar-refractivity contribution in [3.63, 3.8) is 0 Å². The molecule has 1 atom stereocenters. The summed E-state index contributed by atoms with van der Waals surface area (Å²) in [5.41, 5.74) is 1.26. The van der Waals surface area contributed by atoms with Gasteiger partial charge in [-0.15, -0.1) is 0 Å². The minimum Gasteiger partial charge on any atom is -0.497 e. The molecule has 0 bridgehead atoms. The molecular formula is C18H16ClN3O3S. The van der Waals surface area contributed by atoms with Crippen LogP contribution in [0.15, 0.2) is 53.5 Å². The molecule has 0 unspecified atom stereocenters. The molecule has 2 aromatic carbocycles. The number of carbonyl (C=O) groups excluding carboxylic acids is 2. The first-order valence-corrected chi connectivity index (χ1v) is 9.05. The van der Waals surface area contributed by atoms with Crippen molar-refractivity contribution >= 4 is 51.7 Å². The molecule has 1 aliphatic rings. The van der Waals surface area contributed by atoms with Crippen LogP contribution in [0.2, 0.25) is 5.02 Å². The quantitative estimate of drug-likeness (QED) is 0.818. The van der Waals surface area contributed by atoms with Crippen molar-refractivity contribution in [3.8, 4) is 5.75 Å². The molecule has 6 nitrogen and oxygen atoms in total. The zero-order chi connectivity index (χ0) is 18.5. The molecule has 2 amide bonds. The summed E-state index contributed by atoms with van der Waals surface area (Å²) in [4.78, 5) is 28.7. The maximum absolute atomic E-state index is 12.2. The lowest BCUT2D eigenvalue weighted by Gasteiger charge is -2.07. The van der Waals surface area contributed by atoms with Crippen LogP contribution in [-0.2, 0) is 9.59 Å². The van der Waals surface area contributed by atoms with Crippen molar-refractivity contribution < 1.29 is 14.3 Å². The van der Waals surface area contributed by atoms with Crippen LogP contribution in [0, 0.1) is 0 Å². The highest BCUT2D eigenvalue weighted by atomic mass is 35.5. The largest absolute Gasteiger partial charge is 0.497 e. The number of ether oxygens (including phenoxy) is 1. The van der Waals surface area contributed by atoms with Gasteiger partial charge >= 0.3 is 0 Å². The van der Waals surface area contributed by atoms with E-state index in [-0.39, 0.29) is 18.2 Å². The van der Waals surface area contributed by atoms with Crippen LogP contribution in [-0.4, -0.2) is 29.3 Å². The van der Waals surface area contributed by atoms with Crippen molar-refractivity contribution in [2.45, 2.75) is 11.7 Å². The van der Waals surface area contributed by atoms with E-state index in [9.17, 15) is 9.59 Å². The van der Waals surface area contributed by atoms with Crippen molar-refractivity contribution in [2.24, 2.45) is 4.99 Å². The van der Waals surface area contributed by atoms with Crippen LogP contribution in [0.4, 0.5) is 11.4 Å². The van der Waals surface area contributed by atoms with E-state index in [1.807, 2.05) is 12.1 Å². The summed E-state index contributed by atoms with van der Waals surface area (Å²) in [5, 5.41) is 5.90. The standard InChI is InChI=1S/C18H16ClN3O3S/c1-25-14-7-3-6-13(9-14)21-18-22-17(24)15(26-18)10-16(23)20-12-5-2-4-11(19)8-12/h2-9,15H,10H2,1H3,(H,20,23)(H,21,22,24)/t15-/m0/s1. The van der Waals surface area contributed by atoms with Crippen LogP contribution in [0.1, 0.15) is 6.42 Å². The minimum absolute atomic E-state index is 0.0418. The van der Waals surface area contributed by atoms with E-state index >= 15 is 0 Å². The van der Waals surface area contributed by atoms with Crippen molar-refractivity contribution in [3.05, 3.63) is 53.6 Å². The second-order valence-corrected chi connectivity index (χ2v) is 7.10. The van der Waals surface area contributed by atoms with Gasteiger partial charge < -0.3 is 15.4 Å². The summed E-state index contributed by atoms with van der Waals surface area (Å²) in [7, 11) is 1.58. The Bertz CT molecular complexity index is 872. The number of amides is 2. The lowest BCUT2D eigenvalue weighted by Crippen LogP contribution is -2.28. The molecule has 1 saturated heterocycles. The lowest BCUT2D eigenvalue weighted by atomic mass is 10.2. The Morgan fingerprint density at radius 3 is 2.88 bits per heavy atom. The Morgan fingerprint density at radius 2 is 2.12 bits per heavy atom. The third kappa shape index (κ3) is 4.77. The predicted molar refractivity (Wildman–Crippen MR) is 104 cm³/mol. The molecule has 0 saturated carbocycles. The van der Waals surface area contributed by atoms with Gasteiger partial charge in [-0.25, -0.2) is 4.99 Å². The van der Waals surface area contributed by atoms with Crippen LogP contribution in [0.25, 0.3) is 0 Å². The fourth-order valence-corrected chi connectivity index (χ4v) is 3.51. The van der Waals surface area contributed by atoms with Crippen LogP contribution < -0.4 is 15.4 Å². The molecule has 0 radical (unpaired) electrons. The number of benzene rings is 2. The number of halogens is 1. The third-order valence-electron chi connectivity index (χ3n) is 3.54. The normalized spacial score (nSPS) is 17.8. The molecule has 8 heteroatoms. The lowest BCUT2D eigenvalue weighted by molar-refractivity contribution is -0.122. The highest BCUT2D eigenvalue weighted by Crippen LogP contribution is 2.27. The fourth-order valence-electron chi connectivity index (χ4n) is 2.34. The first kappa shape index (κ1) is 18.3. The number of hydrogen-bond donors (Lipinski definition) is 2. The molecule has 134 valence electrons. The molecule has 0 aliphatic carbocycles. The molecule has 0 spiro atoms. The maximum atomic E-state index is 12.2. The van der Waals surface area contributed by atoms with Gasteiger partial charge in [-0.1, -0.05) is 35.5 Å². The maximum Gasteiger partial charge on any atom is 0.240 e. The molecule has 1 heterocycles. The molecule has 1 fully saturated rings. The zero-order valence-electron chi connectivity index (χ0n) is 13.9. The van der Waals surface area contributed by atoms with Crippen molar-refractivity contribution in [1.82, 2.24) is 5.32 Å². The highest BCUT2D eigenvalue weighted by Gasteiger charge is 2.32. The van der Waals surface area contributed by atoms with Gasteiger partial charge in [0.05, 0.1) is 12.8 Å². The van der Waals surface area contributed by atoms with E-state index in [0.29, 0.717) is 27.3 Å². The van der Waals surface area contributed by atoms with E-state index in [4.69, 9.17) is 16.3 Å². The molecule has 26 heavy (non-hydrogen) atoms. The van der Waals surface area contributed by atoms with Gasteiger partial charge in [0.2, 0.25) is 11.8 Å². The van der Waals surface area contributed by atoms with Crippen LogP contribution in [0.5, 0.6) is 5.75 Å². The Kier molecular flexibility index (Phi) is 5.80.